The Morgan fingerprint density at radius 2 is 1.83 bits per heavy atom. The van der Waals surface area contributed by atoms with E-state index in [9.17, 15) is 9.59 Å². The summed E-state index contributed by atoms with van der Waals surface area (Å²) in [4.78, 5) is 37.0. The first kappa shape index (κ1) is 15.0. The molecule has 3 heterocycles. The molecule has 0 atom stereocenters. The summed E-state index contributed by atoms with van der Waals surface area (Å²) >= 11 is 0. The van der Waals surface area contributed by atoms with E-state index in [0.717, 1.165) is 32.2 Å². The molecule has 1 saturated heterocycles. The standard InChI is InChI=1S/C16H20N6O2/c23-14(12-4-1-5-12)20-7-3-8-21(11-10-20)15(24)13-18-16-17-6-2-9-22(16)19-13/h2,6,9,12H,1,3-5,7-8,10-11H2. The molecule has 1 aliphatic carbocycles. The maximum absolute atomic E-state index is 12.7. The van der Waals surface area contributed by atoms with Gasteiger partial charge < -0.3 is 9.80 Å². The van der Waals surface area contributed by atoms with Crippen LogP contribution in [0, 0.1) is 5.92 Å². The van der Waals surface area contributed by atoms with Crippen molar-refractivity contribution in [2.24, 2.45) is 5.92 Å². The zero-order valence-electron chi connectivity index (χ0n) is 13.5. The highest BCUT2D eigenvalue weighted by molar-refractivity contribution is 5.91. The zero-order chi connectivity index (χ0) is 16.5. The average molecular weight is 328 g/mol. The number of fused-ring (bicyclic) bond motifs is 1. The minimum absolute atomic E-state index is 0.160. The molecule has 2 amide bonds. The van der Waals surface area contributed by atoms with Crippen molar-refractivity contribution < 1.29 is 9.59 Å². The van der Waals surface area contributed by atoms with Gasteiger partial charge in [-0.3, -0.25) is 9.59 Å². The van der Waals surface area contributed by atoms with Gasteiger partial charge in [0.25, 0.3) is 11.7 Å². The summed E-state index contributed by atoms with van der Waals surface area (Å²) in [5.41, 5.74) is 0. The Morgan fingerprint density at radius 3 is 2.58 bits per heavy atom. The van der Waals surface area contributed by atoms with Gasteiger partial charge in [0.15, 0.2) is 0 Å². The van der Waals surface area contributed by atoms with Gasteiger partial charge in [-0.1, -0.05) is 6.42 Å². The molecule has 4 rings (SSSR count). The highest BCUT2D eigenvalue weighted by Gasteiger charge is 2.31. The van der Waals surface area contributed by atoms with Gasteiger partial charge in [0.2, 0.25) is 11.7 Å². The topological polar surface area (TPSA) is 83.7 Å². The van der Waals surface area contributed by atoms with E-state index in [0.29, 0.717) is 25.4 Å². The second kappa shape index (κ2) is 6.18. The number of nitrogens with zero attached hydrogens (tertiary/aromatic N) is 6. The fourth-order valence-corrected chi connectivity index (χ4v) is 3.22. The van der Waals surface area contributed by atoms with Crippen LogP contribution in [-0.2, 0) is 4.79 Å². The van der Waals surface area contributed by atoms with Gasteiger partial charge in [0.05, 0.1) is 0 Å². The van der Waals surface area contributed by atoms with E-state index in [4.69, 9.17) is 0 Å². The van der Waals surface area contributed by atoms with Crippen LogP contribution in [-0.4, -0.2) is 67.4 Å². The largest absolute Gasteiger partial charge is 0.341 e. The first-order chi connectivity index (χ1) is 11.7. The van der Waals surface area contributed by atoms with Crippen molar-refractivity contribution in [3.8, 4) is 0 Å². The van der Waals surface area contributed by atoms with Crippen molar-refractivity contribution >= 4 is 17.6 Å². The average Bonchev–Trinajstić information content (AvgIpc) is 2.82. The van der Waals surface area contributed by atoms with Gasteiger partial charge in [-0.05, 0) is 25.3 Å². The highest BCUT2D eigenvalue weighted by atomic mass is 16.2. The summed E-state index contributed by atoms with van der Waals surface area (Å²) in [6.45, 7) is 2.46. The molecular formula is C16H20N6O2. The highest BCUT2D eigenvalue weighted by Crippen LogP contribution is 2.28. The number of carbonyl (C=O) groups excluding carboxylic acids is 2. The third kappa shape index (κ3) is 2.72. The Balaban J connectivity index is 1.44. The fourth-order valence-electron chi connectivity index (χ4n) is 3.22. The molecule has 2 aromatic rings. The Kier molecular flexibility index (Phi) is 3.87. The van der Waals surface area contributed by atoms with Crippen LogP contribution in [0.5, 0.6) is 0 Å². The molecule has 0 aromatic carbocycles. The van der Waals surface area contributed by atoms with Crippen molar-refractivity contribution in [2.45, 2.75) is 25.7 Å². The molecule has 126 valence electrons. The maximum atomic E-state index is 12.7. The molecule has 2 fully saturated rings. The monoisotopic (exact) mass is 328 g/mol. The molecule has 24 heavy (non-hydrogen) atoms. The molecule has 8 nitrogen and oxygen atoms in total. The Hall–Kier alpha value is -2.51. The number of carbonyl (C=O) groups is 2. The number of amides is 2. The molecule has 0 bridgehead atoms. The van der Waals surface area contributed by atoms with E-state index in [1.54, 1.807) is 23.4 Å². The van der Waals surface area contributed by atoms with Gasteiger partial charge in [-0.25, -0.2) is 9.50 Å². The van der Waals surface area contributed by atoms with E-state index in [1.165, 1.54) is 4.52 Å². The van der Waals surface area contributed by atoms with Gasteiger partial charge in [-0.2, -0.15) is 4.98 Å². The van der Waals surface area contributed by atoms with Crippen LogP contribution in [0.3, 0.4) is 0 Å². The fraction of sp³-hybridized carbons (Fsp3) is 0.562. The minimum atomic E-state index is -0.196. The molecule has 8 heteroatoms. The molecule has 0 spiro atoms. The van der Waals surface area contributed by atoms with Crippen molar-refractivity contribution in [3.63, 3.8) is 0 Å². The smallest absolute Gasteiger partial charge is 0.293 e. The van der Waals surface area contributed by atoms with E-state index in [2.05, 4.69) is 15.1 Å². The third-order valence-corrected chi connectivity index (χ3v) is 4.86. The molecule has 2 aromatic heterocycles. The number of aromatic nitrogens is 4. The van der Waals surface area contributed by atoms with Crippen molar-refractivity contribution in [1.29, 1.82) is 0 Å². The van der Waals surface area contributed by atoms with E-state index in [-0.39, 0.29) is 23.6 Å². The SMILES string of the molecule is O=C(c1nc2ncccn2n1)N1CCCN(C(=O)C2CCC2)CC1. The summed E-state index contributed by atoms with van der Waals surface area (Å²) in [5.74, 6) is 0.840. The van der Waals surface area contributed by atoms with Crippen LogP contribution in [0.2, 0.25) is 0 Å². The van der Waals surface area contributed by atoms with Gasteiger partial charge in [-0.15, -0.1) is 5.10 Å². The van der Waals surface area contributed by atoms with E-state index < -0.39 is 0 Å². The lowest BCUT2D eigenvalue weighted by Gasteiger charge is -2.30. The normalized spacial score (nSPS) is 19.2. The second-order valence-electron chi connectivity index (χ2n) is 6.40. The van der Waals surface area contributed by atoms with Crippen LogP contribution in [0.1, 0.15) is 36.3 Å². The van der Waals surface area contributed by atoms with E-state index >= 15 is 0 Å². The van der Waals surface area contributed by atoms with Crippen LogP contribution in [0.15, 0.2) is 18.5 Å². The van der Waals surface area contributed by atoms with Gasteiger partial charge in [0.1, 0.15) is 0 Å². The summed E-state index contributed by atoms with van der Waals surface area (Å²) in [6, 6.07) is 1.74. The Labute approximate surface area is 139 Å². The molecule has 0 radical (unpaired) electrons. The molecular weight excluding hydrogens is 308 g/mol. The molecule has 0 unspecified atom stereocenters. The summed E-state index contributed by atoms with van der Waals surface area (Å²) in [6.07, 6.45) is 7.30. The molecule has 2 aliphatic rings. The predicted molar refractivity (Wildman–Crippen MR) is 85.2 cm³/mol. The predicted octanol–water partition coefficient (Wildman–Crippen LogP) is 0.599. The molecule has 1 saturated carbocycles. The van der Waals surface area contributed by atoms with Gasteiger partial charge in [0, 0.05) is 44.5 Å². The van der Waals surface area contributed by atoms with Crippen LogP contribution in [0.25, 0.3) is 5.78 Å². The quantitative estimate of drug-likeness (QED) is 0.806. The summed E-state index contributed by atoms with van der Waals surface area (Å²) in [7, 11) is 0. The minimum Gasteiger partial charge on any atom is -0.341 e. The van der Waals surface area contributed by atoms with Crippen molar-refractivity contribution in [2.75, 3.05) is 26.2 Å². The lowest BCUT2D eigenvalue weighted by molar-refractivity contribution is -0.138. The molecule has 0 N–H and O–H groups in total. The number of hydrogen-bond donors (Lipinski definition) is 0. The van der Waals surface area contributed by atoms with Crippen molar-refractivity contribution in [3.05, 3.63) is 24.3 Å². The first-order valence-corrected chi connectivity index (χ1v) is 8.48. The van der Waals surface area contributed by atoms with Crippen LogP contribution in [0.4, 0.5) is 0 Å². The van der Waals surface area contributed by atoms with Crippen LogP contribution < -0.4 is 0 Å². The maximum Gasteiger partial charge on any atom is 0.293 e. The summed E-state index contributed by atoms with van der Waals surface area (Å²) < 4.78 is 1.50. The number of hydrogen-bond acceptors (Lipinski definition) is 5. The van der Waals surface area contributed by atoms with Crippen LogP contribution >= 0.6 is 0 Å². The third-order valence-electron chi connectivity index (χ3n) is 4.86. The van der Waals surface area contributed by atoms with Gasteiger partial charge >= 0.3 is 0 Å². The first-order valence-electron chi connectivity index (χ1n) is 8.48. The Bertz CT molecular complexity index is 736. The van der Waals surface area contributed by atoms with Crippen molar-refractivity contribution in [1.82, 2.24) is 29.4 Å². The van der Waals surface area contributed by atoms with E-state index in [1.807, 2.05) is 4.90 Å². The summed E-state index contributed by atoms with van der Waals surface area (Å²) in [5, 5.41) is 4.19. The zero-order valence-corrected chi connectivity index (χ0v) is 13.5. The lowest BCUT2D eigenvalue weighted by Crippen LogP contribution is -2.41. The Morgan fingerprint density at radius 1 is 1.04 bits per heavy atom. The number of rotatable bonds is 2. The molecule has 1 aliphatic heterocycles. The second-order valence-corrected chi connectivity index (χ2v) is 6.40. The lowest BCUT2D eigenvalue weighted by atomic mass is 9.84.